The standard InChI is InChI=1S/C23H29NO4S/c1-4-13-29(26,27)16-19-9-6-10-20(14-19)28-21-11-12-24(15-21)23(25)22-17(2)7-5-8-18(22)3/h5-10,14,21H,4,11-13,15-16H2,1-3H3/t21-/m0/s1. The summed E-state index contributed by atoms with van der Waals surface area (Å²) < 4.78 is 30.2. The maximum Gasteiger partial charge on any atom is 0.254 e. The summed E-state index contributed by atoms with van der Waals surface area (Å²) in [7, 11) is -3.10. The highest BCUT2D eigenvalue weighted by atomic mass is 32.2. The van der Waals surface area contributed by atoms with E-state index < -0.39 is 9.84 Å². The van der Waals surface area contributed by atoms with Crippen LogP contribution in [0.4, 0.5) is 0 Å². The van der Waals surface area contributed by atoms with Gasteiger partial charge in [-0.3, -0.25) is 4.79 Å². The van der Waals surface area contributed by atoms with E-state index in [-0.39, 0.29) is 23.5 Å². The molecule has 0 bridgehead atoms. The number of likely N-dealkylation sites (tertiary alicyclic amines) is 1. The van der Waals surface area contributed by atoms with Crippen molar-refractivity contribution in [2.24, 2.45) is 0 Å². The van der Waals surface area contributed by atoms with E-state index in [1.54, 1.807) is 6.07 Å². The van der Waals surface area contributed by atoms with Crippen molar-refractivity contribution in [2.45, 2.75) is 45.5 Å². The van der Waals surface area contributed by atoms with Crippen LogP contribution in [0.5, 0.6) is 5.75 Å². The zero-order valence-corrected chi connectivity index (χ0v) is 18.2. The zero-order valence-electron chi connectivity index (χ0n) is 17.3. The maximum absolute atomic E-state index is 13.0. The molecule has 1 fully saturated rings. The van der Waals surface area contributed by atoms with E-state index in [2.05, 4.69) is 0 Å². The molecule has 0 aliphatic carbocycles. The molecule has 1 heterocycles. The van der Waals surface area contributed by atoms with Crippen LogP contribution in [-0.2, 0) is 15.6 Å². The van der Waals surface area contributed by atoms with E-state index in [0.717, 1.165) is 28.7 Å². The third-order valence-electron chi connectivity index (χ3n) is 5.23. The van der Waals surface area contributed by atoms with Gasteiger partial charge in [0.2, 0.25) is 0 Å². The fourth-order valence-electron chi connectivity index (χ4n) is 3.86. The van der Waals surface area contributed by atoms with Gasteiger partial charge in [0, 0.05) is 18.5 Å². The van der Waals surface area contributed by atoms with Crippen molar-refractivity contribution in [1.82, 2.24) is 4.90 Å². The Morgan fingerprint density at radius 3 is 2.52 bits per heavy atom. The molecule has 0 aromatic heterocycles. The number of aryl methyl sites for hydroxylation is 2. The number of hydrogen-bond donors (Lipinski definition) is 0. The van der Waals surface area contributed by atoms with Crippen LogP contribution in [0.25, 0.3) is 0 Å². The minimum Gasteiger partial charge on any atom is -0.489 e. The van der Waals surface area contributed by atoms with E-state index in [0.29, 0.717) is 25.3 Å². The van der Waals surface area contributed by atoms with Gasteiger partial charge in [0.05, 0.1) is 18.1 Å². The summed E-state index contributed by atoms with van der Waals surface area (Å²) >= 11 is 0. The molecule has 3 rings (SSSR count). The number of carbonyl (C=O) groups excluding carboxylic acids is 1. The predicted octanol–water partition coefficient (Wildman–Crippen LogP) is 3.92. The highest BCUT2D eigenvalue weighted by molar-refractivity contribution is 7.90. The molecule has 5 nitrogen and oxygen atoms in total. The average molecular weight is 416 g/mol. The minimum absolute atomic E-state index is 0.0277. The molecule has 29 heavy (non-hydrogen) atoms. The van der Waals surface area contributed by atoms with Crippen molar-refractivity contribution in [3.05, 3.63) is 64.7 Å². The summed E-state index contributed by atoms with van der Waals surface area (Å²) in [5, 5.41) is 0. The Kier molecular flexibility index (Phi) is 6.63. The second kappa shape index (κ2) is 8.99. The summed E-state index contributed by atoms with van der Waals surface area (Å²) in [6, 6.07) is 13.1. The van der Waals surface area contributed by atoms with Crippen molar-refractivity contribution < 1.29 is 17.9 Å². The largest absolute Gasteiger partial charge is 0.489 e. The lowest BCUT2D eigenvalue weighted by molar-refractivity contribution is 0.0771. The van der Waals surface area contributed by atoms with Crippen LogP contribution >= 0.6 is 0 Å². The van der Waals surface area contributed by atoms with Crippen molar-refractivity contribution in [3.63, 3.8) is 0 Å². The number of ether oxygens (including phenoxy) is 1. The van der Waals surface area contributed by atoms with Gasteiger partial charge in [0.1, 0.15) is 11.9 Å². The summed E-state index contributed by atoms with van der Waals surface area (Å²) in [4.78, 5) is 14.8. The summed E-state index contributed by atoms with van der Waals surface area (Å²) in [5.41, 5.74) is 3.48. The van der Waals surface area contributed by atoms with Gasteiger partial charge >= 0.3 is 0 Å². The van der Waals surface area contributed by atoms with Crippen molar-refractivity contribution in [1.29, 1.82) is 0 Å². The van der Waals surface area contributed by atoms with Crippen LogP contribution in [0.15, 0.2) is 42.5 Å². The molecular weight excluding hydrogens is 386 g/mol. The molecule has 1 amide bonds. The number of amides is 1. The molecule has 0 N–H and O–H groups in total. The first kappa shape index (κ1) is 21.4. The Bertz CT molecular complexity index is 964. The maximum atomic E-state index is 13.0. The number of nitrogens with zero attached hydrogens (tertiary/aromatic N) is 1. The third-order valence-corrected chi connectivity index (χ3v) is 7.03. The minimum atomic E-state index is -3.10. The van der Waals surface area contributed by atoms with E-state index in [4.69, 9.17) is 4.74 Å². The first-order valence-electron chi connectivity index (χ1n) is 10.1. The van der Waals surface area contributed by atoms with Crippen LogP contribution in [0.2, 0.25) is 0 Å². The molecule has 156 valence electrons. The van der Waals surface area contributed by atoms with Gasteiger partial charge in [-0.15, -0.1) is 0 Å². The first-order chi connectivity index (χ1) is 13.8. The van der Waals surface area contributed by atoms with E-state index in [9.17, 15) is 13.2 Å². The molecule has 0 spiro atoms. The number of benzene rings is 2. The number of rotatable bonds is 7. The normalized spacial score (nSPS) is 16.8. The van der Waals surface area contributed by atoms with E-state index >= 15 is 0 Å². The van der Waals surface area contributed by atoms with Gasteiger partial charge in [-0.25, -0.2) is 8.42 Å². The SMILES string of the molecule is CCCS(=O)(=O)Cc1cccc(O[C@H]2CCN(C(=O)c3c(C)cccc3C)C2)c1. The van der Waals surface area contributed by atoms with Crippen LogP contribution in [0.3, 0.4) is 0 Å². The highest BCUT2D eigenvalue weighted by Crippen LogP contribution is 2.23. The van der Waals surface area contributed by atoms with Crippen molar-refractivity contribution in [3.8, 4) is 5.75 Å². The molecule has 6 heteroatoms. The summed E-state index contributed by atoms with van der Waals surface area (Å²) in [5.74, 6) is 0.919. The van der Waals surface area contributed by atoms with Gasteiger partial charge in [-0.1, -0.05) is 37.3 Å². The van der Waals surface area contributed by atoms with E-state index in [1.807, 2.05) is 62.1 Å². The predicted molar refractivity (Wildman–Crippen MR) is 115 cm³/mol. The number of sulfone groups is 1. The van der Waals surface area contributed by atoms with Crippen LogP contribution in [0, 0.1) is 13.8 Å². The van der Waals surface area contributed by atoms with Gasteiger partial charge in [0.15, 0.2) is 9.84 Å². The Hall–Kier alpha value is -2.34. The molecule has 2 aromatic carbocycles. The Morgan fingerprint density at radius 2 is 1.83 bits per heavy atom. The lowest BCUT2D eigenvalue weighted by Crippen LogP contribution is -2.31. The molecule has 1 saturated heterocycles. The van der Waals surface area contributed by atoms with Gasteiger partial charge in [-0.2, -0.15) is 0 Å². The van der Waals surface area contributed by atoms with Crippen LogP contribution in [-0.4, -0.2) is 44.2 Å². The monoisotopic (exact) mass is 415 g/mol. The van der Waals surface area contributed by atoms with Crippen molar-refractivity contribution in [2.75, 3.05) is 18.8 Å². The van der Waals surface area contributed by atoms with Gasteiger partial charge in [-0.05, 0) is 49.1 Å². The van der Waals surface area contributed by atoms with Crippen molar-refractivity contribution >= 4 is 15.7 Å². The quantitative estimate of drug-likeness (QED) is 0.688. The molecule has 1 aliphatic heterocycles. The Labute approximate surface area is 173 Å². The second-order valence-electron chi connectivity index (χ2n) is 7.79. The smallest absolute Gasteiger partial charge is 0.254 e. The topological polar surface area (TPSA) is 63.7 Å². The molecule has 2 aromatic rings. The molecule has 0 saturated carbocycles. The lowest BCUT2D eigenvalue weighted by atomic mass is 10.0. The summed E-state index contributed by atoms with van der Waals surface area (Å²) in [6.07, 6.45) is 1.28. The molecule has 0 unspecified atom stereocenters. The number of carbonyl (C=O) groups is 1. The Morgan fingerprint density at radius 1 is 1.14 bits per heavy atom. The second-order valence-corrected chi connectivity index (χ2v) is 9.97. The first-order valence-corrected chi connectivity index (χ1v) is 11.9. The third kappa shape index (κ3) is 5.38. The number of hydrogen-bond acceptors (Lipinski definition) is 4. The molecule has 1 aliphatic rings. The molecular formula is C23H29NO4S. The fourth-order valence-corrected chi connectivity index (χ4v) is 5.31. The lowest BCUT2D eigenvalue weighted by Gasteiger charge is -2.19. The van der Waals surface area contributed by atoms with E-state index in [1.165, 1.54) is 0 Å². The summed E-state index contributed by atoms with van der Waals surface area (Å²) in [6.45, 7) is 6.97. The molecule has 0 radical (unpaired) electrons. The van der Waals surface area contributed by atoms with Gasteiger partial charge < -0.3 is 9.64 Å². The van der Waals surface area contributed by atoms with Crippen LogP contribution in [0.1, 0.15) is 46.8 Å². The zero-order chi connectivity index (χ0) is 21.0. The van der Waals surface area contributed by atoms with Crippen LogP contribution < -0.4 is 4.74 Å². The molecule has 1 atom stereocenters. The fraction of sp³-hybridized carbons (Fsp3) is 0.435. The average Bonchev–Trinajstić information content (AvgIpc) is 3.09. The highest BCUT2D eigenvalue weighted by Gasteiger charge is 2.29. The Balaban J connectivity index is 1.64. The van der Waals surface area contributed by atoms with Gasteiger partial charge in [0.25, 0.3) is 5.91 Å².